The van der Waals surface area contributed by atoms with Crippen molar-refractivity contribution in [2.75, 3.05) is 6.61 Å². The van der Waals surface area contributed by atoms with E-state index in [0.29, 0.717) is 22.2 Å². The molecule has 0 aromatic heterocycles. The molecule has 0 aliphatic carbocycles. The smallest absolute Gasteiger partial charge is 0.261 e. The standard InChI is InChI=1S/C32H38Cl2N2O3/c1-31(2,3)24-14-10-11-15-28(24)39-21-29(37)36(20-23-16-17-25(33)26(34)18-23)27(30(38)35-32(4,5)6)19-22-12-8-7-9-13-22/h7-18,27H,19-21H2,1-6H3,(H,35,38)/t27-/m0/s1. The number of benzene rings is 3. The van der Waals surface area contributed by atoms with E-state index in [0.717, 1.165) is 16.7 Å². The lowest BCUT2D eigenvalue weighted by molar-refractivity contribution is -0.143. The second-order valence-electron chi connectivity index (χ2n) is 11.7. The van der Waals surface area contributed by atoms with E-state index in [2.05, 4.69) is 26.1 Å². The molecule has 0 radical (unpaired) electrons. The largest absolute Gasteiger partial charge is 0.483 e. The molecule has 1 atom stereocenters. The first-order chi connectivity index (χ1) is 18.2. The van der Waals surface area contributed by atoms with Gasteiger partial charge in [0.15, 0.2) is 6.61 Å². The molecule has 3 aromatic carbocycles. The van der Waals surface area contributed by atoms with Crippen molar-refractivity contribution in [3.05, 3.63) is 99.5 Å². The van der Waals surface area contributed by atoms with Gasteiger partial charge in [-0.15, -0.1) is 0 Å². The molecule has 3 aromatic rings. The zero-order valence-electron chi connectivity index (χ0n) is 23.6. The van der Waals surface area contributed by atoms with Crippen LogP contribution in [0, 0.1) is 0 Å². The maximum atomic E-state index is 13.9. The maximum Gasteiger partial charge on any atom is 0.261 e. The fourth-order valence-electron chi connectivity index (χ4n) is 4.28. The number of nitrogens with one attached hydrogen (secondary N) is 1. The molecule has 0 bridgehead atoms. The van der Waals surface area contributed by atoms with Crippen molar-refractivity contribution < 1.29 is 14.3 Å². The first kappa shape index (κ1) is 30.5. The van der Waals surface area contributed by atoms with Gasteiger partial charge in [0.2, 0.25) is 5.91 Å². The molecule has 0 saturated carbocycles. The normalized spacial score (nSPS) is 12.5. The number of carbonyl (C=O) groups is 2. The average Bonchev–Trinajstić information content (AvgIpc) is 2.86. The average molecular weight is 570 g/mol. The first-order valence-electron chi connectivity index (χ1n) is 13.1. The van der Waals surface area contributed by atoms with Gasteiger partial charge in [0.1, 0.15) is 11.8 Å². The number of rotatable bonds is 9. The summed E-state index contributed by atoms with van der Waals surface area (Å²) in [6.45, 7) is 12.0. The Bertz CT molecular complexity index is 1280. The first-order valence-corrected chi connectivity index (χ1v) is 13.8. The second-order valence-corrected chi connectivity index (χ2v) is 12.6. The summed E-state index contributed by atoms with van der Waals surface area (Å²) in [5.41, 5.74) is 2.06. The third-order valence-electron chi connectivity index (χ3n) is 6.15. The highest BCUT2D eigenvalue weighted by Crippen LogP contribution is 2.31. The van der Waals surface area contributed by atoms with Gasteiger partial charge in [-0.2, -0.15) is 0 Å². The van der Waals surface area contributed by atoms with Crippen LogP contribution in [0.15, 0.2) is 72.8 Å². The quantitative estimate of drug-likeness (QED) is 0.296. The Labute approximate surface area is 242 Å². The molecule has 208 valence electrons. The van der Waals surface area contributed by atoms with E-state index in [1.807, 2.05) is 81.4 Å². The number of hydrogen-bond acceptors (Lipinski definition) is 3. The lowest BCUT2D eigenvalue weighted by Gasteiger charge is -2.34. The lowest BCUT2D eigenvalue weighted by Crippen LogP contribution is -2.55. The number of ether oxygens (including phenoxy) is 1. The van der Waals surface area contributed by atoms with Crippen LogP contribution in [0.2, 0.25) is 10.0 Å². The fourth-order valence-corrected chi connectivity index (χ4v) is 4.60. The van der Waals surface area contributed by atoms with Crippen molar-refractivity contribution in [1.82, 2.24) is 10.2 Å². The zero-order chi connectivity index (χ0) is 28.8. The van der Waals surface area contributed by atoms with Crippen molar-refractivity contribution in [1.29, 1.82) is 0 Å². The predicted molar refractivity (Wildman–Crippen MR) is 159 cm³/mol. The molecule has 0 saturated heterocycles. The van der Waals surface area contributed by atoms with Crippen LogP contribution in [-0.4, -0.2) is 34.9 Å². The molecule has 0 aliphatic heterocycles. The predicted octanol–water partition coefficient (Wildman–Crippen LogP) is 7.22. The summed E-state index contributed by atoms with van der Waals surface area (Å²) in [6.07, 6.45) is 0.342. The Kier molecular flexibility index (Phi) is 10.1. The van der Waals surface area contributed by atoms with Gasteiger partial charge in [0.05, 0.1) is 10.0 Å². The molecule has 5 nitrogen and oxygen atoms in total. The van der Waals surface area contributed by atoms with Crippen molar-refractivity contribution in [2.45, 2.75) is 71.5 Å². The van der Waals surface area contributed by atoms with Crippen molar-refractivity contribution in [3.63, 3.8) is 0 Å². The molecule has 2 amide bonds. The van der Waals surface area contributed by atoms with Crippen LogP contribution < -0.4 is 10.1 Å². The van der Waals surface area contributed by atoms with E-state index in [1.54, 1.807) is 17.0 Å². The summed E-state index contributed by atoms with van der Waals surface area (Å²) in [6, 6.07) is 21.8. The highest BCUT2D eigenvalue weighted by atomic mass is 35.5. The molecule has 0 unspecified atom stereocenters. The van der Waals surface area contributed by atoms with Gasteiger partial charge in [-0.1, -0.05) is 98.6 Å². The van der Waals surface area contributed by atoms with Gasteiger partial charge in [-0.25, -0.2) is 0 Å². The second kappa shape index (κ2) is 12.9. The summed E-state index contributed by atoms with van der Waals surface area (Å²) in [4.78, 5) is 29.2. The molecular formula is C32H38Cl2N2O3. The van der Waals surface area contributed by atoms with Gasteiger partial charge in [0, 0.05) is 18.5 Å². The van der Waals surface area contributed by atoms with Crippen LogP contribution in [0.5, 0.6) is 5.75 Å². The topological polar surface area (TPSA) is 58.6 Å². The van der Waals surface area contributed by atoms with E-state index in [4.69, 9.17) is 27.9 Å². The Balaban J connectivity index is 1.98. The summed E-state index contributed by atoms with van der Waals surface area (Å²) in [5.74, 6) is 0.0937. The van der Waals surface area contributed by atoms with E-state index < -0.39 is 11.6 Å². The molecule has 7 heteroatoms. The minimum atomic E-state index is -0.782. The van der Waals surface area contributed by atoms with Crippen molar-refractivity contribution in [3.8, 4) is 5.75 Å². The molecule has 39 heavy (non-hydrogen) atoms. The van der Waals surface area contributed by atoms with E-state index >= 15 is 0 Å². The van der Waals surface area contributed by atoms with E-state index in [1.165, 1.54) is 0 Å². The van der Waals surface area contributed by atoms with Crippen LogP contribution in [-0.2, 0) is 28.0 Å². The highest BCUT2D eigenvalue weighted by molar-refractivity contribution is 6.42. The summed E-state index contributed by atoms with van der Waals surface area (Å²) in [7, 11) is 0. The summed E-state index contributed by atoms with van der Waals surface area (Å²) < 4.78 is 6.10. The van der Waals surface area contributed by atoms with Crippen LogP contribution in [0.3, 0.4) is 0 Å². The highest BCUT2D eigenvalue weighted by Gasteiger charge is 2.33. The molecule has 0 fully saturated rings. The Morgan fingerprint density at radius 1 is 0.846 bits per heavy atom. The molecule has 0 spiro atoms. The van der Waals surface area contributed by atoms with Crippen molar-refractivity contribution in [2.24, 2.45) is 0 Å². The minimum Gasteiger partial charge on any atom is -0.483 e. The summed E-state index contributed by atoms with van der Waals surface area (Å²) >= 11 is 12.4. The van der Waals surface area contributed by atoms with Crippen LogP contribution in [0.25, 0.3) is 0 Å². The fraction of sp³-hybridized carbons (Fsp3) is 0.375. The van der Waals surface area contributed by atoms with Crippen molar-refractivity contribution >= 4 is 35.0 Å². The van der Waals surface area contributed by atoms with Crippen LogP contribution in [0.4, 0.5) is 0 Å². The Hall–Kier alpha value is -3.02. The number of para-hydroxylation sites is 1. The third kappa shape index (κ3) is 9.01. The minimum absolute atomic E-state index is 0.162. The zero-order valence-corrected chi connectivity index (χ0v) is 25.1. The number of hydrogen-bond donors (Lipinski definition) is 1. The molecule has 1 N–H and O–H groups in total. The lowest BCUT2D eigenvalue weighted by atomic mass is 9.86. The van der Waals surface area contributed by atoms with Gasteiger partial charge in [0.25, 0.3) is 5.91 Å². The Morgan fingerprint density at radius 3 is 2.10 bits per heavy atom. The monoisotopic (exact) mass is 568 g/mol. The number of nitrogens with zero attached hydrogens (tertiary/aromatic N) is 1. The molecule has 0 heterocycles. The van der Waals surface area contributed by atoms with E-state index in [9.17, 15) is 9.59 Å². The Morgan fingerprint density at radius 2 is 1.49 bits per heavy atom. The SMILES string of the molecule is CC(C)(C)NC(=O)[C@H](Cc1ccccc1)N(Cc1ccc(Cl)c(Cl)c1)C(=O)COc1ccccc1C(C)(C)C. The van der Waals surface area contributed by atoms with Gasteiger partial charge in [-0.05, 0) is 61.1 Å². The van der Waals surface area contributed by atoms with Gasteiger partial charge in [-0.3, -0.25) is 9.59 Å². The number of carbonyl (C=O) groups excluding carboxylic acids is 2. The van der Waals surface area contributed by atoms with Crippen LogP contribution in [0.1, 0.15) is 58.2 Å². The number of amides is 2. The maximum absolute atomic E-state index is 13.9. The van der Waals surface area contributed by atoms with Gasteiger partial charge < -0.3 is 15.0 Å². The molecule has 3 rings (SSSR count). The van der Waals surface area contributed by atoms with E-state index in [-0.39, 0.29) is 30.4 Å². The summed E-state index contributed by atoms with van der Waals surface area (Å²) in [5, 5.41) is 3.87. The molecular weight excluding hydrogens is 531 g/mol. The third-order valence-corrected chi connectivity index (χ3v) is 6.89. The van der Waals surface area contributed by atoms with Gasteiger partial charge >= 0.3 is 0 Å². The molecule has 0 aliphatic rings. The number of halogens is 2. The van der Waals surface area contributed by atoms with Crippen LogP contribution >= 0.6 is 23.2 Å².